The van der Waals surface area contributed by atoms with Crippen LogP contribution in [-0.2, 0) is 11.2 Å². The van der Waals surface area contributed by atoms with Crippen molar-refractivity contribution in [2.24, 2.45) is 0 Å². The van der Waals surface area contributed by atoms with Gasteiger partial charge in [0.15, 0.2) is 0 Å². The summed E-state index contributed by atoms with van der Waals surface area (Å²) >= 11 is 0. The van der Waals surface area contributed by atoms with Gasteiger partial charge in [0.2, 0.25) is 5.91 Å². The average molecular weight is 345 g/mol. The van der Waals surface area contributed by atoms with E-state index in [2.05, 4.69) is 28.0 Å². The van der Waals surface area contributed by atoms with Gasteiger partial charge in [-0.1, -0.05) is 18.2 Å². The van der Waals surface area contributed by atoms with Gasteiger partial charge in [-0.3, -0.25) is 9.69 Å². The molecule has 1 saturated heterocycles. The molecule has 138 valence electrons. The minimum atomic E-state index is 0.239. The molecule has 0 spiro atoms. The second kappa shape index (κ2) is 9.32. The Bertz CT molecular complexity index is 556. The molecule has 1 fully saturated rings. The van der Waals surface area contributed by atoms with Crippen molar-refractivity contribution < 1.29 is 9.90 Å². The summed E-state index contributed by atoms with van der Waals surface area (Å²) in [6, 6.07) is 8.31. The van der Waals surface area contributed by atoms with Crippen molar-refractivity contribution in [3.05, 3.63) is 29.8 Å². The number of amides is 1. The second-order valence-corrected chi connectivity index (χ2v) is 7.18. The standard InChI is InChI=1S/C20H31N3O2/c24-16-5-1-4-10-21-12-14-22(15-13-21)17-20(25)23-11-6-8-18-7-2-3-9-19(18)23/h2-3,7,9,24H,1,4-6,8,10-17H2. The fourth-order valence-corrected chi connectivity index (χ4v) is 3.86. The van der Waals surface area contributed by atoms with Crippen molar-refractivity contribution in [2.45, 2.75) is 32.1 Å². The summed E-state index contributed by atoms with van der Waals surface area (Å²) in [5, 5.41) is 8.83. The zero-order chi connectivity index (χ0) is 17.5. The van der Waals surface area contributed by atoms with E-state index in [1.165, 1.54) is 5.56 Å². The molecule has 1 amide bonds. The van der Waals surface area contributed by atoms with Crippen LogP contribution in [0.5, 0.6) is 0 Å². The van der Waals surface area contributed by atoms with Gasteiger partial charge in [0.05, 0.1) is 6.54 Å². The Hall–Kier alpha value is -1.43. The van der Waals surface area contributed by atoms with Gasteiger partial charge >= 0.3 is 0 Å². The number of benzene rings is 1. The zero-order valence-corrected chi connectivity index (χ0v) is 15.2. The van der Waals surface area contributed by atoms with Crippen LogP contribution in [0.3, 0.4) is 0 Å². The number of aliphatic hydroxyl groups excluding tert-OH is 1. The first-order chi connectivity index (χ1) is 12.3. The molecule has 0 radical (unpaired) electrons. The number of hydrogen-bond donors (Lipinski definition) is 1. The predicted octanol–water partition coefficient (Wildman–Crippen LogP) is 1.75. The lowest BCUT2D eigenvalue weighted by Crippen LogP contribution is -2.50. The molecule has 0 bridgehead atoms. The fraction of sp³-hybridized carbons (Fsp3) is 0.650. The maximum atomic E-state index is 12.8. The van der Waals surface area contributed by atoms with E-state index in [1.54, 1.807) is 0 Å². The third kappa shape index (κ3) is 5.03. The van der Waals surface area contributed by atoms with Gasteiger partial charge in [0.25, 0.3) is 0 Å². The molecule has 0 aliphatic carbocycles. The van der Waals surface area contributed by atoms with E-state index in [0.717, 1.165) is 77.1 Å². The van der Waals surface area contributed by atoms with Gasteiger partial charge in [0.1, 0.15) is 0 Å². The van der Waals surface area contributed by atoms with Crippen LogP contribution >= 0.6 is 0 Å². The van der Waals surface area contributed by atoms with Crippen molar-refractivity contribution >= 4 is 11.6 Å². The number of hydrogen-bond acceptors (Lipinski definition) is 4. The molecule has 1 aromatic rings. The fourth-order valence-electron chi connectivity index (χ4n) is 3.86. The number of rotatable bonds is 7. The maximum Gasteiger partial charge on any atom is 0.241 e. The number of anilines is 1. The number of carbonyl (C=O) groups is 1. The predicted molar refractivity (Wildman–Crippen MR) is 101 cm³/mol. The van der Waals surface area contributed by atoms with Gasteiger partial charge in [-0.05, 0) is 50.3 Å². The van der Waals surface area contributed by atoms with Gasteiger partial charge in [0, 0.05) is 45.0 Å². The van der Waals surface area contributed by atoms with Gasteiger partial charge in [-0.15, -0.1) is 0 Å². The average Bonchev–Trinajstić information content (AvgIpc) is 2.66. The lowest BCUT2D eigenvalue weighted by atomic mass is 10.0. The van der Waals surface area contributed by atoms with Gasteiger partial charge in [-0.25, -0.2) is 0 Å². The van der Waals surface area contributed by atoms with Crippen LogP contribution in [0.1, 0.15) is 31.2 Å². The topological polar surface area (TPSA) is 47.0 Å². The monoisotopic (exact) mass is 345 g/mol. The minimum Gasteiger partial charge on any atom is -0.396 e. The van der Waals surface area contributed by atoms with Gasteiger partial charge in [-0.2, -0.15) is 0 Å². The number of aryl methyl sites for hydroxylation is 1. The number of unbranched alkanes of at least 4 members (excludes halogenated alkanes) is 2. The van der Waals surface area contributed by atoms with E-state index in [0.29, 0.717) is 13.2 Å². The van der Waals surface area contributed by atoms with Crippen LogP contribution in [0.15, 0.2) is 24.3 Å². The van der Waals surface area contributed by atoms with Crippen LogP contribution in [0.4, 0.5) is 5.69 Å². The molecule has 5 heteroatoms. The smallest absolute Gasteiger partial charge is 0.241 e. The Kier molecular flexibility index (Phi) is 6.84. The van der Waals surface area contributed by atoms with Crippen LogP contribution < -0.4 is 4.90 Å². The summed E-state index contributed by atoms with van der Waals surface area (Å²) in [6.07, 6.45) is 5.30. The summed E-state index contributed by atoms with van der Waals surface area (Å²) in [5.41, 5.74) is 2.41. The van der Waals surface area contributed by atoms with Crippen LogP contribution in [0.2, 0.25) is 0 Å². The summed E-state index contributed by atoms with van der Waals surface area (Å²) in [4.78, 5) is 19.6. The van der Waals surface area contributed by atoms with Crippen molar-refractivity contribution in [1.82, 2.24) is 9.80 Å². The summed E-state index contributed by atoms with van der Waals surface area (Å²) in [6.45, 7) is 6.83. The summed E-state index contributed by atoms with van der Waals surface area (Å²) in [7, 11) is 0. The molecule has 0 atom stereocenters. The minimum absolute atomic E-state index is 0.239. The molecule has 1 aromatic carbocycles. The van der Waals surface area contributed by atoms with E-state index < -0.39 is 0 Å². The molecule has 2 aliphatic rings. The Labute approximate surface area is 151 Å². The van der Waals surface area contributed by atoms with Crippen LogP contribution in [0, 0.1) is 0 Å². The molecule has 1 N–H and O–H groups in total. The number of aliphatic hydroxyl groups is 1. The molecule has 0 unspecified atom stereocenters. The first-order valence-electron chi connectivity index (χ1n) is 9.72. The van der Waals surface area contributed by atoms with E-state index >= 15 is 0 Å². The zero-order valence-electron chi connectivity index (χ0n) is 15.2. The highest BCUT2D eigenvalue weighted by Crippen LogP contribution is 2.26. The van der Waals surface area contributed by atoms with Crippen molar-refractivity contribution in [3.63, 3.8) is 0 Å². The van der Waals surface area contributed by atoms with Crippen LogP contribution in [0.25, 0.3) is 0 Å². The highest BCUT2D eigenvalue weighted by atomic mass is 16.2. The summed E-state index contributed by atoms with van der Waals surface area (Å²) in [5.74, 6) is 0.239. The third-order valence-corrected chi connectivity index (χ3v) is 5.37. The molecular weight excluding hydrogens is 314 g/mol. The Morgan fingerprint density at radius 1 is 0.960 bits per heavy atom. The number of piperazine rings is 1. The van der Waals surface area contributed by atoms with E-state index in [-0.39, 0.29) is 5.91 Å². The largest absolute Gasteiger partial charge is 0.396 e. The lowest BCUT2D eigenvalue weighted by molar-refractivity contribution is -0.120. The Morgan fingerprint density at radius 3 is 2.52 bits per heavy atom. The van der Waals surface area contributed by atoms with E-state index in [9.17, 15) is 4.79 Å². The highest BCUT2D eigenvalue weighted by Gasteiger charge is 2.25. The van der Waals surface area contributed by atoms with Crippen molar-refractivity contribution in [1.29, 1.82) is 0 Å². The number of fused-ring (bicyclic) bond motifs is 1. The van der Waals surface area contributed by atoms with Crippen molar-refractivity contribution in [2.75, 3.05) is 57.3 Å². The van der Waals surface area contributed by atoms with E-state index in [4.69, 9.17) is 5.11 Å². The summed E-state index contributed by atoms with van der Waals surface area (Å²) < 4.78 is 0. The van der Waals surface area contributed by atoms with E-state index in [1.807, 2.05) is 11.0 Å². The van der Waals surface area contributed by atoms with Crippen LogP contribution in [-0.4, -0.2) is 73.2 Å². The first-order valence-corrected chi connectivity index (χ1v) is 9.72. The molecule has 0 aromatic heterocycles. The normalized spacial score (nSPS) is 19.0. The maximum absolute atomic E-state index is 12.8. The molecule has 2 heterocycles. The Morgan fingerprint density at radius 2 is 1.72 bits per heavy atom. The Balaban J connectivity index is 1.44. The van der Waals surface area contributed by atoms with Crippen molar-refractivity contribution in [3.8, 4) is 0 Å². The SMILES string of the molecule is O=C(CN1CCN(CCCCCO)CC1)N1CCCc2ccccc21. The van der Waals surface area contributed by atoms with Gasteiger partial charge < -0.3 is 14.9 Å². The molecular formula is C20H31N3O2. The number of para-hydroxylation sites is 1. The number of nitrogens with zero attached hydrogens (tertiary/aromatic N) is 3. The molecule has 5 nitrogen and oxygen atoms in total. The highest BCUT2D eigenvalue weighted by molar-refractivity contribution is 5.95. The number of carbonyl (C=O) groups excluding carboxylic acids is 1. The molecule has 2 aliphatic heterocycles. The molecule has 0 saturated carbocycles. The molecule has 25 heavy (non-hydrogen) atoms. The lowest BCUT2D eigenvalue weighted by Gasteiger charge is -2.36. The second-order valence-electron chi connectivity index (χ2n) is 7.18. The third-order valence-electron chi connectivity index (χ3n) is 5.37. The first kappa shape index (κ1) is 18.4. The molecule has 3 rings (SSSR count). The quantitative estimate of drug-likeness (QED) is 0.765.